The van der Waals surface area contributed by atoms with Crippen LogP contribution in [-0.2, 0) is 4.79 Å². The van der Waals surface area contributed by atoms with Gasteiger partial charge in [-0.25, -0.2) is 4.39 Å². The number of hydrogen-bond donors (Lipinski definition) is 0. The van der Waals surface area contributed by atoms with Crippen molar-refractivity contribution in [1.82, 2.24) is 0 Å². The summed E-state index contributed by atoms with van der Waals surface area (Å²) < 4.78 is 47.8. The van der Waals surface area contributed by atoms with Gasteiger partial charge < -0.3 is 4.90 Å². The lowest BCUT2D eigenvalue weighted by atomic mass is 10.2. The van der Waals surface area contributed by atoms with Gasteiger partial charge in [0.2, 0.25) is 11.7 Å². The van der Waals surface area contributed by atoms with Gasteiger partial charge in [0.15, 0.2) is 0 Å². The molecule has 0 aliphatic rings. The lowest BCUT2D eigenvalue weighted by Crippen LogP contribution is -2.24. The molecule has 0 spiro atoms. The second kappa shape index (κ2) is 4.21. The van der Waals surface area contributed by atoms with E-state index in [-0.39, 0.29) is 11.0 Å². The SMILES string of the molecule is [2H]C([2H])([2H])N(C(C)=O)c1cc(F)cc(F)c1[N+](=O)[O-]. The minimum atomic E-state index is -3.10. The van der Waals surface area contributed by atoms with Crippen LogP contribution in [0, 0.1) is 21.7 Å². The summed E-state index contributed by atoms with van der Waals surface area (Å²) >= 11 is 0. The summed E-state index contributed by atoms with van der Waals surface area (Å²) in [5.74, 6) is -3.89. The monoisotopic (exact) mass is 233 g/mol. The van der Waals surface area contributed by atoms with Gasteiger partial charge in [0.05, 0.1) is 4.92 Å². The van der Waals surface area contributed by atoms with Crippen LogP contribution in [0.15, 0.2) is 12.1 Å². The summed E-state index contributed by atoms with van der Waals surface area (Å²) in [4.78, 5) is 20.8. The minimum Gasteiger partial charge on any atom is -0.310 e. The molecule has 0 unspecified atom stereocenters. The Morgan fingerprint density at radius 2 is 2.19 bits per heavy atom. The Bertz CT molecular complexity index is 548. The molecule has 0 atom stereocenters. The topological polar surface area (TPSA) is 63.5 Å². The molecular formula is C9H8F2N2O3. The Balaban J connectivity index is 3.63. The summed E-state index contributed by atoms with van der Waals surface area (Å²) in [7, 11) is 0. The first-order chi connectivity index (χ1) is 8.55. The molecule has 86 valence electrons. The summed E-state index contributed by atoms with van der Waals surface area (Å²) in [5.41, 5.74) is -2.22. The third-order valence-electron chi connectivity index (χ3n) is 1.75. The third kappa shape index (κ3) is 2.13. The highest BCUT2D eigenvalue weighted by molar-refractivity contribution is 5.93. The first kappa shape index (κ1) is 8.14. The van der Waals surface area contributed by atoms with Gasteiger partial charge in [-0.15, -0.1) is 0 Å². The summed E-state index contributed by atoms with van der Waals surface area (Å²) in [6.45, 7) is -2.28. The van der Waals surface area contributed by atoms with Crippen LogP contribution in [0.3, 0.4) is 0 Å². The molecule has 5 nitrogen and oxygen atoms in total. The van der Waals surface area contributed by atoms with Gasteiger partial charge in [0.25, 0.3) is 0 Å². The van der Waals surface area contributed by atoms with E-state index in [1.165, 1.54) is 0 Å². The number of nitro groups is 1. The summed E-state index contributed by atoms with van der Waals surface area (Å²) in [5, 5.41) is 10.7. The average Bonchev–Trinajstić information content (AvgIpc) is 2.11. The van der Waals surface area contributed by atoms with E-state index in [4.69, 9.17) is 4.11 Å². The molecule has 1 amide bonds. The number of hydrogen-bond acceptors (Lipinski definition) is 3. The van der Waals surface area contributed by atoms with Crippen molar-refractivity contribution in [1.29, 1.82) is 0 Å². The molecule has 1 aromatic carbocycles. The number of amides is 1. The van der Waals surface area contributed by atoms with Gasteiger partial charge >= 0.3 is 5.69 Å². The second-order valence-electron chi connectivity index (χ2n) is 2.87. The highest BCUT2D eigenvalue weighted by Crippen LogP contribution is 2.31. The molecule has 0 aliphatic heterocycles. The van der Waals surface area contributed by atoms with E-state index < -0.39 is 40.8 Å². The number of anilines is 1. The van der Waals surface area contributed by atoms with E-state index >= 15 is 0 Å². The van der Waals surface area contributed by atoms with Crippen LogP contribution in [0.5, 0.6) is 0 Å². The lowest BCUT2D eigenvalue weighted by Gasteiger charge is -2.15. The van der Waals surface area contributed by atoms with Crippen LogP contribution in [0.4, 0.5) is 20.2 Å². The predicted molar refractivity (Wildman–Crippen MR) is 52.1 cm³/mol. The number of rotatable bonds is 2. The first-order valence-corrected chi connectivity index (χ1v) is 4.00. The maximum atomic E-state index is 13.4. The van der Waals surface area contributed by atoms with Gasteiger partial charge in [0.1, 0.15) is 11.5 Å². The smallest absolute Gasteiger partial charge is 0.310 e. The van der Waals surface area contributed by atoms with E-state index in [9.17, 15) is 23.7 Å². The average molecular weight is 233 g/mol. The van der Waals surface area contributed by atoms with Crippen molar-refractivity contribution in [2.45, 2.75) is 6.92 Å². The maximum absolute atomic E-state index is 13.4. The fourth-order valence-corrected chi connectivity index (χ4v) is 1.07. The predicted octanol–water partition coefficient (Wildman–Crippen LogP) is 1.86. The van der Waals surface area contributed by atoms with Gasteiger partial charge in [-0.05, 0) is 0 Å². The first-order valence-electron chi connectivity index (χ1n) is 5.50. The van der Waals surface area contributed by atoms with Crippen LogP contribution in [0.1, 0.15) is 11.0 Å². The van der Waals surface area contributed by atoms with Gasteiger partial charge in [-0.2, -0.15) is 4.39 Å². The van der Waals surface area contributed by atoms with Crippen molar-refractivity contribution in [3.8, 4) is 0 Å². The highest BCUT2D eigenvalue weighted by atomic mass is 19.1. The Morgan fingerprint density at radius 1 is 1.56 bits per heavy atom. The number of halogens is 2. The van der Waals surface area contributed by atoms with E-state index in [1.54, 1.807) is 0 Å². The molecule has 1 rings (SSSR count). The molecule has 0 aliphatic carbocycles. The van der Waals surface area contributed by atoms with Crippen LogP contribution in [0.2, 0.25) is 0 Å². The van der Waals surface area contributed by atoms with E-state index in [2.05, 4.69) is 0 Å². The maximum Gasteiger partial charge on any atom is 0.328 e. The molecule has 0 bridgehead atoms. The van der Waals surface area contributed by atoms with Crippen LogP contribution >= 0.6 is 0 Å². The molecule has 0 fully saturated rings. The largest absolute Gasteiger partial charge is 0.328 e. The van der Waals surface area contributed by atoms with Crippen molar-refractivity contribution < 1.29 is 22.6 Å². The Morgan fingerprint density at radius 3 is 2.62 bits per heavy atom. The fourth-order valence-electron chi connectivity index (χ4n) is 1.07. The number of benzene rings is 1. The lowest BCUT2D eigenvalue weighted by molar-refractivity contribution is -0.386. The number of nitrogens with zero attached hydrogens (tertiary/aromatic N) is 2. The molecular weight excluding hydrogens is 222 g/mol. The van der Waals surface area contributed by atoms with Crippen LogP contribution < -0.4 is 4.90 Å². The molecule has 0 aromatic heterocycles. The van der Waals surface area contributed by atoms with Crippen molar-refractivity contribution in [2.75, 3.05) is 11.9 Å². The van der Waals surface area contributed by atoms with Gasteiger partial charge in [-0.3, -0.25) is 14.9 Å². The summed E-state index contributed by atoms with van der Waals surface area (Å²) in [6, 6.07) is 0.661. The van der Waals surface area contributed by atoms with Crippen molar-refractivity contribution in [3.63, 3.8) is 0 Å². The van der Waals surface area contributed by atoms with E-state index in [0.717, 1.165) is 6.92 Å². The molecule has 16 heavy (non-hydrogen) atoms. The van der Waals surface area contributed by atoms with Crippen LogP contribution in [-0.4, -0.2) is 17.8 Å². The zero-order valence-electron chi connectivity index (χ0n) is 11.0. The quantitative estimate of drug-likeness (QED) is 0.578. The molecule has 0 radical (unpaired) electrons. The molecule has 7 heteroatoms. The minimum absolute atomic E-state index is 0.00269. The van der Waals surface area contributed by atoms with Crippen molar-refractivity contribution in [2.24, 2.45) is 0 Å². The molecule has 0 saturated heterocycles. The summed E-state index contributed by atoms with van der Waals surface area (Å²) in [6.07, 6.45) is 0. The van der Waals surface area contributed by atoms with E-state index in [1.807, 2.05) is 0 Å². The fraction of sp³-hybridized carbons (Fsp3) is 0.222. The number of nitro benzene ring substituents is 1. The molecule has 0 heterocycles. The zero-order valence-corrected chi connectivity index (χ0v) is 8.03. The standard InChI is InChI=1S/C9H8F2N2O3/c1-5(14)12(2)8-4-6(10)3-7(11)9(8)13(15)16/h3-4H,1-2H3/i2D3. The Kier molecular flexibility index (Phi) is 2.14. The van der Waals surface area contributed by atoms with Crippen molar-refractivity contribution >= 4 is 17.3 Å². The van der Waals surface area contributed by atoms with E-state index in [0.29, 0.717) is 6.07 Å². The van der Waals surface area contributed by atoms with Gasteiger partial charge in [-0.1, -0.05) is 0 Å². The highest BCUT2D eigenvalue weighted by Gasteiger charge is 2.25. The Labute approximate surface area is 93.6 Å². The molecule has 1 aromatic rings. The van der Waals surface area contributed by atoms with Crippen molar-refractivity contribution in [3.05, 3.63) is 33.9 Å². The van der Waals surface area contributed by atoms with Crippen LogP contribution in [0.25, 0.3) is 0 Å². The normalized spacial score (nSPS) is 13.6. The molecule has 0 saturated carbocycles. The van der Waals surface area contributed by atoms with Gasteiger partial charge in [0, 0.05) is 30.1 Å². The molecule has 0 N–H and O–H groups in total. The second-order valence-corrected chi connectivity index (χ2v) is 2.87. The number of carbonyl (C=O) groups is 1. The number of carbonyl (C=O) groups excluding carboxylic acids is 1. The third-order valence-corrected chi connectivity index (χ3v) is 1.75. The zero-order chi connectivity index (χ0) is 15.0. The Hall–Kier alpha value is -2.05.